The predicted octanol–water partition coefficient (Wildman–Crippen LogP) is 4.03. The number of piperazine rings is 1. The summed E-state index contributed by atoms with van der Waals surface area (Å²) in [6.45, 7) is 5.77. The van der Waals surface area contributed by atoms with Crippen molar-refractivity contribution in [1.29, 1.82) is 0 Å². The van der Waals surface area contributed by atoms with Gasteiger partial charge in [-0.2, -0.15) is 0 Å². The minimum atomic E-state index is -0.0954. The summed E-state index contributed by atoms with van der Waals surface area (Å²) >= 11 is 1.70. The van der Waals surface area contributed by atoms with E-state index in [0.29, 0.717) is 0 Å². The molecule has 0 saturated carbocycles. The lowest BCUT2D eigenvalue weighted by molar-refractivity contribution is 0.197. The van der Waals surface area contributed by atoms with Crippen LogP contribution in [0.3, 0.4) is 0 Å². The molecule has 1 fully saturated rings. The summed E-state index contributed by atoms with van der Waals surface area (Å²) in [6.07, 6.45) is 0. The van der Waals surface area contributed by atoms with E-state index in [4.69, 9.17) is 0 Å². The van der Waals surface area contributed by atoms with Crippen LogP contribution in [0.5, 0.6) is 0 Å². The highest BCUT2D eigenvalue weighted by Crippen LogP contribution is 2.33. The van der Waals surface area contributed by atoms with E-state index in [0.717, 1.165) is 37.3 Å². The van der Waals surface area contributed by atoms with Crippen molar-refractivity contribution in [2.75, 3.05) is 26.2 Å². The van der Waals surface area contributed by atoms with Crippen LogP contribution in [-0.4, -0.2) is 31.1 Å². The molecular weight excluding hydrogens is 342 g/mol. The van der Waals surface area contributed by atoms with Gasteiger partial charge in [0.05, 0.1) is 6.04 Å². The number of benzene rings is 1. The van der Waals surface area contributed by atoms with Crippen molar-refractivity contribution < 1.29 is 4.39 Å². The summed E-state index contributed by atoms with van der Waals surface area (Å²) in [4.78, 5) is 3.59. The molecule has 2 heterocycles. The van der Waals surface area contributed by atoms with Gasteiger partial charge in [-0.3, -0.25) is 4.90 Å². The van der Waals surface area contributed by atoms with E-state index in [2.05, 4.69) is 21.7 Å². The maximum atomic E-state index is 14.4. The monoisotopic (exact) mass is 362 g/mol. The van der Waals surface area contributed by atoms with Crippen molar-refractivity contribution in [1.82, 2.24) is 10.2 Å². The Bertz CT molecular complexity index is 572. The van der Waals surface area contributed by atoms with Gasteiger partial charge in [-0.05, 0) is 30.0 Å². The fourth-order valence-electron chi connectivity index (χ4n) is 2.77. The van der Waals surface area contributed by atoms with Crippen molar-refractivity contribution in [2.45, 2.75) is 13.0 Å². The first-order valence-corrected chi connectivity index (χ1v) is 7.88. The first-order chi connectivity index (χ1) is 9.75. The normalized spacial score (nSPS) is 16.5. The molecule has 2 aromatic rings. The molecule has 1 atom stereocenters. The maximum absolute atomic E-state index is 14.4. The summed E-state index contributed by atoms with van der Waals surface area (Å²) in [5.74, 6) is -0.0954. The van der Waals surface area contributed by atoms with E-state index in [1.54, 1.807) is 17.4 Å². The van der Waals surface area contributed by atoms with Crippen LogP contribution < -0.4 is 5.32 Å². The molecule has 0 bridgehead atoms. The molecule has 0 radical (unpaired) electrons. The maximum Gasteiger partial charge on any atom is 0.128 e. The number of hydrogen-bond acceptors (Lipinski definition) is 3. The molecular formula is C16H21Cl2FN2S. The average molecular weight is 363 g/mol. The molecule has 6 heteroatoms. The third-order valence-corrected chi connectivity index (χ3v) is 4.70. The number of rotatable bonds is 3. The zero-order chi connectivity index (χ0) is 13.9. The summed E-state index contributed by atoms with van der Waals surface area (Å²) in [5, 5.41) is 5.42. The van der Waals surface area contributed by atoms with Crippen molar-refractivity contribution in [3.05, 3.63) is 57.5 Å². The molecule has 1 N–H and O–H groups in total. The molecule has 1 saturated heterocycles. The molecule has 1 aromatic heterocycles. The number of hydrogen-bond donors (Lipinski definition) is 1. The first kappa shape index (κ1) is 19.4. The van der Waals surface area contributed by atoms with Gasteiger partial charge in [-0.25, -0.2) is 4.39 Å². The molecule has 0 spiro atoms. The number of aryl methyl sites for hydroxylation is 1. The summed E-state index contributed by atoms with van der Waals surface area (Å²) in [6, 6.07) is 9.77. The molecule has 22 heavy (non-hydrogen) atoms. The number of nitrogens with one attached hydrogen (secondary N) is 1. The van der Waals surface area contributed by atoms with Gasteiger partial charge in [-0.1, -0.05) is 18.2 Å². The lowest BCUT2D eigenvalue weighted by Crippen LogP contribution is -2.45. The first-order valence-electron chi connectivity index (χ1n) is 7.00. The van der Waals surface area contributed by atoms with E-state index < -0.39 is 0 Å². The summed E-state index contributed by atoms with van der Waals surface area (Å²) < 4.78 is 14.4. The second-order valence-corrected chi connectivity index (χ2v) is 6.21. The van der Waals surface area contributed by atoms with E-state index in [1.165, 1.54) is 4.88 Å². The lowest BCUT2D eigenvalue weighted by atomic mass is 10.0. The second kappa shape index (κ2) is 8.85. The smallest absolute Gasteiger partial charge is 0.128 e. The topological polar surface area (TPSA) is 15.3 Å². The number of halogens is 3. The Labute approximate surface area is 147 Å². The molecule has 122 valence electrons. The molecule has 0 amide bonds. The highest BCUT2D eigenvalue weighted by molar-refractivity contribution is 7.10. The van der Waals surface area contributed by atoms with Gasteiger partial charge in [-0.15, -0.1) is 36.2 Å². The highest BCUT2D eigenvalue weighted by Gasteiger charge is 2.26. The molecule has 0 unspecified atom stereocenters. The highest BCUT2D eigenvalue weighted by atomic mass is 35.5. The van der Waals surface area contributed by atoms with Gasteiger partial charge in [0.15, 0.2) is 0 Å². The van der Waals surface area contributed by atoms with E-state index >= 15 is 0 Å². The zero-order valence-electron chi connectivity index (χ0n) is 12.4. The summed E-state index contributed by atoms with van der Waals surface area (Å²) in [5.41, 5.74) is 1.76. The van der Waals surface area contributed by atoms with Crippen LogP contribution in [-0.2, 0) is 0 Å². The van der Waals surface area contributed by atoms with Crippen LogP contribution in [0.25, 0.3) is 0 Å². The SMILES string of the molecule is Cc1ccc([C@H](c2cccs2)N2CCNCC2)c(F)c1.Cl.Cl. The minimum absolute atomic E-state index is 0. The lowest BCUT2D eigenvalue weighted by Gasteiger charge is -2.35. The minimum Gasteiger partial charge on any atom is -0.314 e. The van der Waals surface area contributed by atoms with Gasteiger partial charge in [0, 0.05) is 36.6 Å². The number of thiophene rings is 1. The van der Waals surface area contributed by atoms with Crippen molar-refractivity contribution >= 4 is 36.2 Å². The van der Waals surface area contributed by atoms with Gasteiger partial charge in [0.25, 0.3) is 0 Å². The quantitative estimate of drug-likeness (QED) is 0.886. The van der Waals surface area contributed by atoms with Crippen molar-refractivity contribution in [3.63, 3.8) is 0 Å². The van der Waals surface area contributed by atoms with Crippen LogP contribution >= 0.6 is 36.2 Å². The Morgan fingerprint density at radius 3 is 2.50 bits per heavy atom. The van der Waals surface area contributed by atoms with Crippen LogP contribution in [0.4, 0.5) is 4.39 Å². The third-order valence-electron chi connectivity index (χ3n) is 3.78. The van der Waals surface area contributed by atoms with Gasteiger partial charge >= 0.3 is 0 Å². The third kappa shape index (κ3) is 4.21. The fourth-order valence-corrected chi connectivity index (χ4v) is 3.65. The Morgan fingerprint density at radius 1 is 1.18 bits per heavy atom. The predicted molar refractivity (Wildman–Crippen MR) is 96.2 cm³/mol. The van der Waals surface area contributed by atoms with E-state index in [-0.39, 0.29) is 36.7 Å². The van der Waals surface area contributed by atoms with Gasteiger partial charge in [0.1, 0.15) is 5.82 Å². The van der Waals surface area contributed by atoms with Crippen molar-refractivity contribution in [2.24, 2.45) is 0 Å². The molecule has 1 aliphatic rings. The molecule has 2 nitrogen and oxygen atoms in total. The van der Waals surface area contributed by atoms with Crippen LogP contribution in [0.15, 0.2) is 35.7 Å². The average Bonchev–Trinajstić information content (AvgIpc) is 2.97. The van der Waals surface area contributed by atoms with Crippen LogP contribution in [0, 0.1) is 12.7 Å². The number of nitrogens with zero attached hydrogens (tertiary/aromatic N) is 1. The zero-order valence-corrected chi connectivity index (χ0v) is 14.9. The van der Waals surface area contributed by atoms with Gasteiger partial charge in [0.2, 0.25) is 0 Å². The molecule has 3 rings (SSSR count). The second-order valence-electron chi connectivity index (χ2n) is 5.23. The van der Waals surface area contributed by atoms with E-state index in [1.807, 2.05) is 25.1 Å². The Kier molecular flexibility index (Phi) is 7.80. The van der Waals surface area contributed by atoms with Crippen LogP contribution in [0.1, 0.15) is 22.0 Å². The summed E-state index contributed by atoms with van der Waals surface area (Å²) in [7, 11) is 0. The van der Waals surface area contributed by atoms with Crippen LogP contribution in [0.2, 0.25) is 0 Å². The Hall–Kier alpha value is -0.650. The van der Waals surface area contributed by atoms with Crippen molar-refractivity contribution in [3.8, 4) is 0 Å². The fraction of sp³-hybridized carbons (Fsp3) is 0.375. The molecule has 0 aliphatic carbocycles. The standard InChI is InChI=1S/C16H19FN2S.2ClH/c1-12-4-5-13(14(17)11-12)16(15-3-2-10-20-15)19-8-6-18-7-9-19;;/h2-5,10-11,16,18H,6-9H2,1H3;2*1H/t16-;;/m1../s1. The van der Waals surface area contributed by atoms with Gasteiger partial charge < -0.3 is 5.32 Å². The largest absolute Gasteiger partial charge is 0.314 e. The molecule has 1 aliphatic heterocycles. The Balaban J connectivity index is 0.00000121. The molecule has 1 aromatic carbocycles. The van der Waals surface area contributed by atoms with E-state index in [9.17, 15) is 4.39 Å². The Morgan fingerprint density at radius 2 is 1.91 bits per heavy atom.